The van der Waals surface area contributed by atoms with Gasteiger partial charge in [-0.15, -0.1) is 0 Å². The lowest BCUT2D eigenvalue weighted by Gasteiger charge is -2.15. The highest BCUT2D eigenvalue weighted by atomic mass is 16.5. The maximum absolute atomic E-state index is 11.9. The van der Waals surface area contributed by atoms with Crippen LogP contribution in [0.3, 0.4) is 0 Å². The number of hydrogen-bond donors (Lipinski definition) is 0. The highest BCUT2D eigenvalue weighted by Crippen LogP contribution is 2.19. The molecule has 0 bridgehead atoms. The lowest BCUT2D eigenvalue weighted by molar-refractivity contribution is -0.145. The van der Waals surface area contributed by atoms with Crippen molar-refractivity contribution in [2.75, 3.05) is 6.61 Å². The van der Waals surface area contributed by atoms with Gasteiger partial charge in [0, 0.05) is 22.7 Å². The van der Waals surface area contributed by atoms with Crippen molar-refractivity contribution in [1.82, 2.24) is 9.78 Å². The second kappa shape index (κ2) is 7.47. The van der Waals surface area contributed by atoms with Gasteiger partial charge in [-0.25, -0.2) is 9.48 Å². The molecule has 0 unspecified atom stereocenters. The average molecular weight is 340 g/mol. The molecular formula is C20H24N2O3. The van der Waals surface area contributed by atoms with Crippen molar-refractivity contribution in [2.45, 2.75) is 34.6 Å². The third kappa shape index (κ3) is 4.66. The minimum absolute atomic E-state index is 0.112. The number of ketones is 1. The number of benzene rings is 1. The summed E-state index contributed by atoms with van der Waals surface area (Å²) in [6.45, 7) is 9.01. The molecule has 0 spiro atoms. The van der Waals surface area contributed by atoms with E-state index >= 15 is 0 Å². The zero-order valence-electron chi connectivity index (χ0n) is 15.4. The van der Waals surface area contributed by atoms with Crippen molar-refractivity contribution in [3.63, 3.8) is 0 Å². The van der Waals surface area contributed by atoms with Crippen LogP contribution in [0, 0.1) is 19.3 Å². The topological polar surface area (TPSA) is 61.2 Å². The largest absolute Gasteiger partial charge is 0.455 e. The average Bonchev–Trinajstić information content (AvgIpc) is 2.85. The number of nitrogens with zero attached hydrogens (tertiary/aromatic N) is 2. The molecule has 0 N–H and O–H groups in total. The van der Waals surface area contributed by atoms with Crippen LogP contribution in [0.25, 0.3) is 11.8 Å². The van der Waals surface area contributed by atoms with Crippen LogP contribution in [0.5, 0.6) is 0 Å². The molecular weight excluding hydrogens is 316 g/mol. The minimum atomic E-state index is -0.538. The molecule has 0 aliphatic heterocycles. The fourth-order valence-corrected chi connectivity index (χ4v) is 2.27. The van der Waals surface area contributed by atoms with Crippen molar-refractivity contribution < 1.29 is 14.3 Å². The summed E-state index contributed by atoms with van der Waals surface area (Å²) in [6, 6.07) is 9.79. The molecule has 0 radical (unpaired) electrons. The van der Waals surface area contributed by atoms with Crippen molar-refractivity contribution in [2.24, 2.45) is 5.41 Å². The first-order chi connectivity index (χ1) is 11.7. The van der Waals surface area contributed by atoms with Gasteiger partial charge in [0.1, 0.15) is 0 Å². The molecule has 5 heteroatoms. The van der Waals surface area contributed by atoms with Crippen LogP contribution in [0.4, 0.5) is 0 Å². The Balaban J connectivity index is 2.10. The summed E-state index contributed by atoms with van der Waals surface area (Å²) in [7, 11) is 0. The molecule has 0 amide bonds. The molecule has 0 atom stereocenters. The van der Waals surface area contributed by atoms with Crippen molar-refractivity contribution in [1.29, 1.82) is 0 Å². The van der Waals surface area contributed by atoms with Gasteiger partial charge in [0.15, 0.2) is 12.4 Å². The predicted molar refractivity (Wildman–Crippen MR) is 97.5 cm³/mol. The number of carbonyl (C=O) groups excluding carboxylic acids is 2. The van der Waals surface area contributed by atoms with E-state index in [-0.39, 0.29) is 12.4 Å². The summed E-state index contributed by atoms with van der Waals surface area (Å²) < 4.78 is 6.86. The highest BCUT2D eigenvalue weighted by Gasteiger charge is 2.22. The van der Waals surface area contributed by atoms with Gasteiger partial charge in [-0.2, -0.15) is 5.10 Å². The van der Waals surface area contributed by atoms with Gasteiger partial charge in [-0.3, -0.25) is 4.79 Å². The van der Waals surface area contributed by atoms with E-state index in [0.29, 0.717) is 0 Å². The Bertz CT molecular complexity index is 796. The van der Waals surface area contributed by atoms with Gasteiger partial charge in [0.2, 0.25) is 0 Å². The quantitative estimate of drug-likeness (QED) is 0.615. The Morgan fingerprint density at radius 1 is 1.16 bits per heavy atom. The Labute approximate surface area is 148 Å². The van der Waals surface area contributed by atoms with E-state index < -0.39 is 11.4 Å². The van der Waals surface area contributed by atoms with E-state index in [2.05, 4.69) is 5.10 Å². The number of aryl methyl sites for hydroxylation is 1. The van der Waals surface area contributed by atoms with Crippen molar-refractivity contribution in [3.05, 3.63) is 53.4 Å². The number of aromatic nitrogens is 2. The second-order valence-electron chi connectivity index (χ2n) is 6.95. The first-order valence-corrected chi connectivity index (χ1v) is 8.20. The monoisotopic (exact) mass is 340 g/mol. The number of para-hydroxylation sites is 1. The number of rotatable bonds is 5. The smallest absolute Gasteiger partial charge is 0.331 e. The van der Waals surface area contributed by atoms with Gasteiger partial charge in [-0.1, -0.05) is 39.0 Å². The van der Waals surface area contributed by atoms with Crippen LogP contribution in [-0.4, -0.2) is 28.1 Å². The molecule has 0 fully saturated rings. The van der Waals surface area contributed by atoms with E-state index in [4.69, 9.17) is 4.74 Å². The summed E-state index contributed by atoms with van der Waals surface area (Å²) in [5.41, 5.74) is 3.05. The van der Waals surface area contributed by atoms with Gasteiger partial charge in [0.05, 0.1) is 11.4 Å². The fourth-order valence-electron chi connectivity index (χ4n) is 2.27. The van der Waals surface area contributed by atoms with Crippen LogP contribution in [0.15, 0.2) is 36.4 Å². The van der Waals surface area contributed by atoms with Crippen molar-refractivity contribution >= 4 is 17.8 Å². The van der Waals surface area contributed by atoms with E-state index in [1.165, 1.54) is 6.08 Å². The molecule has 2 rings (SSSR count). The molecule has 1 aromatic heterocycles. The number of ether oxygens (including phenoxy) is 1. The second-order valence-corrected chi connectivity index (χ2v) is 6.95. The molecule has 25 heavy (non-hydrogen) atoms. The predicted octanol–water partition coefficient (Wildman–Crippen LogP) is 3.66. The number of carbonyl (C=O) groups is 2. The summed E-state index contributed by atoms with van der Waals surface area (Å²) in [5.74, 6) is -0.651. The molecule has 1 aromatic carbocycles. The third-order valence-corrected chi connectivity index (χ3v) is 3.92. The minimum Gasteiger partial charge on any atom is -0.455 e. The molecule has 0 aliphatic rings. The molecule has 2 aromatic rings. The third-order valence-electron chi connectivity index (χ3n) is 3.92. The van der Waals surface area contributed by atoms with Crippen molar-refractivity contribution in [3.8, 4) is 5.69 Å². The zero-order chi connectivity index (χ0) is 18.6. The number of esters is 1. The fraction of sp³-hybridized carbons (Fsp3) is 0.350. The SMILES string of the molecule is Cc1nn(-c2ccccc2)c(C)c1/C=C/C(=O)OCC(=O)C(C)(C)C. The molecule has 0 saturated heterocycles. The summed E-state index contributed by atoms with van der Waals surface area (Å²) in [6.07, 6.45) is 3.02. The lowest BCUT2D eigenvalue weighted by atomic mass is 9.91. The van der Waals surface area contributed by atoms with Crippen LogP contribution in [-0.2, 0) is 14.3 Å². The Kier molecular flexibility index (Phi) is 5.57. The zero-order valence-corrected chi connectivity index (χ0v) is 15.4. The van der Waals surface area contributed by atoms with E-state index in [9.17, 15) is 9.59 Å². The Hall–Kier alpha value is -2.69. The summed E-state index contributed by atoms with van der Waals surface area (Å²) in [5, 5.41) is 4.52. The highest BCUT2D eigenvalue weighted by molar-refractivity contribution is 5.91. The Morgan fingerprint density at radius 2 is 1.80 bits per heavy atom. The first kappa shape index (κ1) is 18.6. The van der Waals surface area contributed by atoms with Crippen LogP contribution < -0.4 is 0 Å². The van der Waals surface area contributed by atoms with Gasteiger partial charge >= 0.3 is 5.97 Å². The summed E-state index contributed by atoms with van der Waals surface area (Å²) >= 11 is 0. The molecule has 0 saturated carbocycles. The summed E-state index contributed by atoms with van der Waals surface area (Å²) in [4.78, 5) is 23.7. The number of hydrogen-bond acceptors (Lipinski definition) is 4. The van der Waals surface area contributed by atoms with E-state index in [1.54, 1.807) is 26.8 Å². The van der Waals surface area contributed by atoms with E-state index in [1.807, 2.05) is 48.9 Å². The van der Waals surface area contributed by atoms with Crippen LogP contribution >= 0.6 is 0 Å². The standard InChI is InChI=1S/C20H24N2O3/c1-14-17(11-12-19(24)25-13-18(23)20(3,4)5)15(2)22(21-14)16-9-7-6-8-10-16/h6-12H,13H2,1-5H3/b12-11+. The normalized spacial score (nSPS) is 11.7. The van der Waals surface area contributed by atoms with Gasteiger partial charge < -0.3 is 4.74 Å². The van der Waals surface area contributed by atoms with Gasteiger partial charge in [-0.05, 0) is 32.1 Å². The number of Topliss-reactive ketones (excluding diaryl/α,β-unsaturated/α-hetero) is 1. The lowest BCUT2D eigenvalue weighted by Crippen LogP contribution is -2.25. The molecule has 0 aliphatic carbocycles. The van der Waals surface area contributed by atoms with Crippen LogP contribution in [0.2, 0.25) is 0 Å². The molecule has 132 valence electrons. The Morgan fingerprint density at radius 3 is 2.40 bits per heavy atom. The molecule has 5 nitrogen and oxygen atoms in total. The molecule has 1 heterocycles. The maximum atomic E-state index is 11.9. The van der Waals surface area contributed by atoms with E-state index in [0.717, 1.165) is 22.6 Å². The maximum Gasteiger partial charge on any atom is 0.331 e. The van der Waals surface area contributed by atoms with Gasteiger partial charge in [0.25, 0.3) is 0 Å². The van der Waals surface area contributed by atoms with Crippen LogP contribution in [0.1, 0.15) is 37.7 Å². The first-order valence-electron chi connectivity index (χ1n) is 8.20.